The Kier molecular flexibility index (Phi) is 11.0. The molecular formula is C21H38O7Si3. The number of benzene rings is 1. The molecule has 10 heteroatoms. The Hall–Kier alpha value is -1.15. The van der Waals surface area contributed by atoms with E-state index >= 15 is 0 Å². The van der Waals surface area contributed by atoms with Crippen molar-refractivity contribution in [3.8, 4) is 0 Å². The minimum atomic E-state index is -2.32. The van der Waals surface area contributed by atoms with Crippen molar-refractivity contribution in [1.29, 1.82) is 0 Å². The van der Waals surface area contributed by atoms with E-state index in [1.807, 2.05) is 0 Å². The highest BCUT2D eigenvalue weighted by atomic mass is 28.5. The maximum Gasteiger partial charge on any atom is 0.380 e. The summed E-state index contributed by atoms with van der Waals surface area (Å²) in [7, 11) is -5.81. The van der Waals surface area contributed by atoms with Crippen LogP contribution in [0.3, 0.4) is 0 Å². The maximum absolute atomic E-state index is 12.1. The largest absolute Gasteiger partial charge is 0.451 e. The molecule has 0 aromatic heterocycles. The predicted molar refractivity (Wildman–Crippen MR) is 128 cm³/mol. The Morgan fingerprint density at radius 1 is 0.935 bits per heavy atom. The van der Waals surface area contributed by atoms with Gasteiger partial charge in [0.15, 0.2) is 16.6 Å². The van der Waals surface area contributed by atoms with Crippen molar-refractivity contribution < 1.29 is 32.4 Å². The first-order valence-electron chi connectivity index (χ1n) is 10.6. The summed E-state index contributed by atoms with van der Waals surface area (Å²) in [6.07, 6.45) is -0.146. The third-order valence-corrected chi connectivity index (χ3v) is 13.6. The van der Waals surface area contributed by atoms with E-state index in [-0.39, 0.29) is 12.2 Å². The number of aliphatic hydroxyl groups is 1. The molecule has 1 aromatic rings. The minimum absolute atomic E-state index is 0.0202. The van der Waals surface area contributed by atoms with Crippen LogP contribution in [0.25, 0.3) is 0 Å². The summed E-state index contributed by atoms with van der Waals surface area (Å²) in [5.41, 5.74) is 0.249. The molecule has 1 unspecified atom stereocenters. The number of aliphatic hydroxyl groups excluding tert-OH is 1. The molecule has 0 aliphatic carbocycles. The maximum atomic E-state index is 12.1. The number of carbonyl (C=O) groups is 2. The molecule has 0 aliphatic heterocycles. The zero-order valence-corrected chi connectivity index (χ0v) is 22.9. The van der Waals surface area contributed by atoms with Crippen molar-refractivity contribution in [2.24, 2.45) is 0 Å². The first-order valence-corrected chi connectivity index (χ1v) is 20.0. The minimum Gasteiger partial charge on any atom is -0.451 e. The quantitative estimate of drug-likeness (QED) is 0.140. The fourth-order valence-electron chi connectivity index (χ4n) is 3.16. The highest BCUT2D eigenvalue weighted by Gasteiger charge is 2.39. The Morgan fingerprint density at radius 3 is 1.97 bits per heavy atom. The number of hydrogen-bond donors (Lipinski definition) is 1. The van der Waals surface area contributed by atoms with Crippen LogP contribution in [0.1, 0.15) is 16.8 Å². The second-order valence-electron chi connectivity index (χ2n) is 9.65. The van der Waals surface area contributed by atoms with Crippen LogP contribution in [-0.4, -0.2) is 68.0 Å². The van der Waals surface area contributed by atoms with Gasteiger partial charge in [0.25, 0.3) is 5.78 Å². The molecular weight excluding hydrogens is 448 g/mol. The number of esters is 1. The van der Waals surface area contributed by atoms with Gasteiger partial charge in [0, 0.05) is 12.2 Å². The molecule has 7 nitrogen and oxygen atoms in total. The summed E-state index contributed by atoms with van der Waals surface area (Å²) >= 11 is 0. The van der Waals surface area contributed by atoms with E-state index in [9.17, 15) is 14.7 Å². The van der Waals surface area contributed by atoms with Gasteiger partial charge in [-0.2, -0.15) is 0 Å². The van der Waals surface area contributed by atoms with Gasteiger partial charge < -0.3 is 22.8 Å². The summed E-state index contributed by atoms with van der Waals surface area (Å²) in [5, 5.41) is 9.48. The lowest BCUT2D eigenvalue weighted by Gasteiger charge is -2.38. The van der Waals surface area contributed by atoms with Gasteiger partial charge in [-0.1, -0.05) is 30.3 Å². The van der Waals surface area contributed by atoms with E-state index in [1.54, 1.807) is 30.3 Å². The van der Waals surface area contributed by atoms with Gasteiger partial charge >= 0.3 is 14.5 Å². The normalized spacial score (nSPS) is 13.7. The Balaban J connectivity index is 2.49. The van der Waals surface area contributed by atoms with Crippen molar-refractivity contribution in [1.82, 2.24) is 0 Å². The van der Waals surface area contributed by atoms with Gasteiger partial charge in [-0.3, -0.25) is 4.79 Å². The molecule has 1 atom stereocenters. The molecule has 0 spiro atoms. The van der Waals surface area contributed by atoms with Crippen LogP contribution >= 0.6 is 0 Å². The van der Waals surface area contributed by atoms with E-state index in [0.29, 0.717) is 6.61 Å². The molecule has 1 aromatic carbocycles. The molecule has 0 saturated carbocycles. The van der Waals surface area contributed by atoms with Crippen LogP contribution in [0.4, 0.5) is 0 Å². The van der Waals surface area contributed by atoms with E-state index in [0.717, 1.165) is 12.5 Å². The van der Waals surface area contributed by atoms with Crippen molar-refractivity contribution in [2.45, 2.75) is 64.4 Å². The lowest BCUT2D eigenvalue weighted by Crippen LogP contribution is -2.52. The topological polar surface area (TPSA) is 91.3 Å². The fourth-order valence-corrected chi connectivity index (χ4v) is 15.7. The van der Waals surface area contributed by atoms with Gasteiger partial charge in [-0.25, -0.2) is 4.79 Å². The molecule has 0 aliphatic rings. The Bertz CT molecular complexity index is 683. The SMILES string of the molecule is C[Si](C)(C)O[Si](C)(CCCOCC(CO)OC(=O)C(=O)c1ccccc1)O[Si](C)(C)C. The zero-order chi connectivity index (χ0) is 23.7. The average Bonchev–Trinajstić information content (AvgIpc) is 2.63. The first-order chi connectivity index (χ1) is 14.2. The molecule has 0 bridgehead atoms. The second-order valence-corrected chi connectivity index (χ2v) is 22.5. The summed E-state index contributed by atoms with van der Waals surface area (Å²) in [6.45, 7) is 15.1. The zero-order valence-electron chi connectivity index (χ0n) is 19.9. The van der Waals surface area contributed by atoms with E-state index in [2.05, 4.69) is 45.8 Å². The van der Waals surface area contributed by atoms with Gasteiger partial charge in [0.2, 0.25) is 0 Å². The van der Waals surface area contributed by atoms with Gasteiger partial charge in [-0.15, -0.1) is 0 Å². The number of ether oxygens (including phenoxy) is 2. The van der Waals surface area contributed by atoms with Gasteiger partial charge in [0.05, 0.1) is 13.2 Å². The van der Waals surface area contributed by atoms with E-state index in [4.69, 9.17) is 17.7 Å². The molecule has 31 heavy (non-hydrogen) atoms. The highest BCUT2D eigenvalue weighted by Crippen LogP contribution is 2.25. The first kappa shape index (κ1) is 27.9. The smallest absolute Gasteiger partial charge is 0.380 e. The third-order valence-electron chi connectivity index (χ3n) is 3.97. The molecule has 0 heterocycles. The summed E-state index contributed by atoms with van der Waals surface area (Å²) in [5.74, 6) is -1.74. The van der Waals surface area contributed by atoms with E-state index < -0.39 is 49.7 Å². The molecule has 0 saturated heterocycles. The number of Topliss-reactive ketones (excluding diaryl/α,β-unsaturated/α-hetero) is 1. The molecule has 1 rings (SSSR count). The summed E-state index contributed by atoms with van der Waals surface area (Å²) in [6, 6.07) is 8.98. The van der Waals surface area contributed by atoms with Crippen LogP contribution in [0.2, 0.25) is 51.9 Å². The molecule has 0 fully saturated rings. The Labute approximate surface area is 189 Å². The van der Waals surface area contributed by atoms with Crippen LogP contribution in [-0.2, 0) is 22.5 Å². The van der Waals surface area contributed by atoms with Crippen molar-refractivity contribution in [3.05, 3.63) is 35.9 Å². The van der Waals surface area contributed by atoms with Crippen molar-refractivity contribution >= 4 is 36.9 Å². The van der Waals surface area contributed by atoms with Crippen molar-refractivity contribution in [3.63, 3.8) is 0 Å². The van der Waals surface area contributed by atoms with E-state index in [1.165, 1.54) is 0 Å². The molecule has 1 N–H and O–H groups in total. The van der Waals surface area contributed by atoms with Crippen LogP contribution in [0.5, 0.6) is 0 Å². The third kappa shape index (κ3) is 11.9. The Morgan fingerprint density at radius 2 is 1.48 bits per heavy atom. The number of ketones is 1. The lowest BCUT2D eigenvalue weighted by molar-refractivity contribution is -0.148. The summed E-state index contributed by atoms with van der Waals surface area (Å²) < 4.78 is 23.6. The fraction of sp³-hybridized carbons (Fsp3) is 0.619. The average molecular weight is 487 g/mol. The predicted octanol–water partition coefficient (Wildman–Crippen LogP) is 3.96. The van der Waals surface area contributed by atoms with Crippen LogP contribution in [0.15, 0.2) is 30.3 Å². The monoisotopic (exact) mass is 486 g/mol. The highest BCUT2D eigenvalue weighted by molar-refractivity contribution is 6.87. The molecule has 176 valence electrons. The van der Waals surface area contributed by atoms with Crippen molar-refractivity contribution in [2.75, 3.05) is 19.8 Å². The molecule has 0 radical (unpaired) electrons. The van der Waals surface area contributed by atoms with Gasteiger partial charge in [0.1, 0.15) is 6.10 Å². The lowest BCUT2D eigenvalue weighted by atomic mass is 10.1. The standard InChI is InChI=1S/C21H38O7Si3/c1-29(2,3)27-31(7,28-30(4,5)6)15-11-14-25-17-19(16-22)26-21(24)20(23)18-12-9-8-10-13-18/h8-10,12-13,19,22H,11,14-17H2,1-7H3. The number of carbonyl (C=O) groups excluding carboxylic acids is 2. The van der Waals surface area contributed by atoms with Gasteiger partial charge in [-0.05, 0) is 58.3 Å². The number of hydrogen-bond acceptors (Lipinski definition) is 7. The van der Waals surface area contributed by atoms with Crippen LogP contribution < -0.4 is 0 Å². The summed E-state index contributed by atoms with van der Waals surface area (Å²) in [4.78, 5) is 24.1. The van der Waals surface area contributed by atoms with Crippen LogP contribution in [0, 0.1) is 0 Å². The second kappa shape index (κ2) is 12.2. The number of rotatable bonds is 14. The molecule has 0 amide bonds.